The van der Waals surface area contributed by atoms with E-state index in [-0.39, 0.29) is 23.4 Å². The Kier molecular flexibility index (Phi) is 2.15. The Labute approximate surface area is 97.7 Å². The van der Waals surface area contributed by atoms with E-state index in [9.17, 15) is 4.79 Å². The van der Waals surface area contributed by atoms with Gasteiger partial charge in [-0.15, -0.1) is 0 Å². The van der Waals surface area contributed by atoms with Crippen molar-refractivity contribution in [1.29, 1.82) is 0 Å². The monoisotopic (exact) mass is 222 g/mol. The first-order chi connectivity index (χ1) is 7.45. The van der Waals surface area contributed by atoms with E-state index in [2.05, 4.69) is 20.8 Å². The zero-order valence-electron chi connectivity index (χ0n) is 10.5. The van der Waals surface area contributed by atoms with Gasteiger partial charge < -0.3 is 4.74 Å². The van der Waals surface area contributed by atoms with Gasteiger partial charge in [-0.1, -0.05) is 20.8 Å². The number of ether oxygens (including phenoxy) is 1. The lowest BCUT2D eigenvalue weighted by Crippen LogP contribution is -2.44. The number of fused-ring (bicyclic) bond motifs is 1. The van der Waals surface area contributed by atoms with Crippen LogP contribution in [-0.2, 0) is 9.53 Å². The van der Waals surface area contributed by atoms with E-state index in [0.29, 0.717) is 5.92 Å². The van der Waals surface area contributed by atoms with Crippen LogP contribution in [0.3, 0.4) is 0 Å². The molecule has 2 saturated carbocycles. The van der Waals surface area contributed by atoms with Gasteiger partial charge in [0, 0.05) is 5.92 Å². The Morgan fingerprint density at radius 1 is 1.12 bits per heavy atom. The third-order valence-corrected chi connectivity index (χ3v) is 4.92. The van der Waals surface area contributed by atoms with Crippen molar-refractivity contribution in [3.63, 3.8) is 0 Å². The van der Waals surface area contributed by atoms with Crippen LogP contribution in [-0.4, -0.2) is 12.1 Å². The van der Waals surface area contributed by atoms with Gasteiger partial charge in [0.1, 0.15) is 6.10 Å². The van der Waals surface area contributed by atoms with Crippen LogP contribution in [0.15, 0.2) is 0 Å². The van der Waals surface area contributed by atoms with Gasteiger partial charge in [0.05, 0.1) is 5.92 Å². The van der Waals surface area contributed by atoms with E-state index in [1.807, 2.05) is 0 Å². The van der Waals surface area contributed by atoms with Gasteiger partial charge in [0.2, 0.25) is 0 Å². The summed E-state index contributed by atoms with van der Waals surface area (Å²) >= 11 is 0. The fraction of sp³-hybridized carbons (Fsp3) is 0.929. The molecule has 0 aromatic heterocycles. The highest BCUT2D eigenvalue weighted by Gasteiger charge is 2.52. The summed E-state index contributed by atoms with van der Waals surface area (Å²) in [5.41, 5.74) is 0.271. The Balaban J connectivity index is 1.96. The molecule has 5 unspecified atom stereocenters. The van der Waals surface area contributed by atoms with Gasteiger partial charge in [-0.3, -0.25) is 4.79 Å². The maximum atomic E-state index is 11.9. The summed E-state index contributed by atoms with van der Waals surface area (Å²) in [4.78, 5) is 11.9. The first kappa shape index (κ1) is 10.6. The smallest absolute Gasteiger partial charge is 0.309 e. The Hall–Kier alpha value is -0.530. The van der Waals surface area contributed by atoms with E-state index >= 15 is 0 Å². The van der Waals surface area contributed by atoms with E-state index < -0.39 is 0 Å². The summed E-state index contributed by atoms with van der Waals surface area (Å²) in [6, 6.07) is 0. The molecule has 16 heavy (non-hydrogen) atoms. The molecule has 0 aromatic carbocycles. The van der Waals surface area contributed by atoms with Gasteiger partial charge in [0.25, 0.3) is 0 Å². The SMILES string of the molecule is CC(C)(C)C1C2CC3CC(C2)C(=O)OC1C3. The largest absolute Gasteiger partial charge is 0.462 e. The van der Waals surface area contributed by atoms with E-state index in [1.165, 1.54) is 6.42 Å². The summed E-state index contributed by atoms with van der Waals surface area (Å²) in [5.74, 6) is 2.40. The molecule has 90 valence electrons. The van der Waals surface area contributed by atoms with Crippen molar-refractivity contribution in [2.75, 3.05) is 0 Å². The average Bonchev–Trinajstić information content (AvgIpc) is 2.28. The lowest BCUT2D eigenvalue weighted by molar-refractivity contribution is -0.155. The second-order valence-corrected chi connectivity index (χ2v) is 7.13. The molecule has 4 fully saturated rings. The second kappa shape index (κ2) is 3.24. The molecule has 0 amide bonds. The minimum Gasteiger partial charge on any atom is -0.462 e. The molecule has 0 N–H and O–H groups in total. The molecule has 2 heteroatoms. The van der Waals surface area contributed by atoms with Crippen LogP contribution >= 0.6 is 0 Å². The van der Waals surface area contributed by atoms with Crippen molar-refractivity contribution < 1.29 is 9.53 Å². The van der Waals surface area contributed by atoms with Crippen LogP contribution in [0.2, 0.25) is 0 Å². The number of carbonyl (C=O) groups is 1. The van der Waals surface area contributed by atoms with E-state index in [1.54, 1.807) is 0 Å². The minimum absolute atomic E-state index is 0.101. The Morgan fingerprint density at radius 2 is 1.88 bits per heavy atom. The molecule has 4 rings (SSSR count). The lowest BCUT2D eigenvalue weighted by Gasteiger charge is -2.47. The molecular formula is C14H22O2. The van der Waals surface area contributed by atoms with E-state index in [0.717, 1.165) is 31.1 Å². The van der Waals surface area contributed by atoms with Crippen molar-refractivity contribution in [2.45, 2.75) is 52.6 Å². The Bertz CT molecular complexity index is 315. The fourth-order valence-corrected chi connectivity index (χ4v) is 4.57. The van der Waals surface area contributed by atoms with E-state index in [4.69, 9.17) is 4.74 Å². The van der Waals surface area contributed by atoms with Crippen molar-refractivity contribution >= 4 is 5.97 Å². The third-order valence-electron chi connectivity index (χ3n) is 4.92. The number of esters is 1. The van der Waals surface area contributed by atoms with Gasteiger partial charge in [-0.05, 0) is 42.9 Å². The van der Waals surface area contributed by atoms with Crippen LogP contribution in [0.5, 0.6) is 0 Å². The number of hydrogen-bond acceptors (Lipinski definition) is 2. The average molecular weight is 222 g/mol. The summed E-state index contributed by atoms with van der Waals surface area (Å²) < 4.78 is 5.74. The zero-order chi connectivity index (χ0) is 11.5. The summed E-state index contributed by atoms with van der Waals surface area (Å²) in [6.45, 7) is 6.90. The molecule has 2 heterocycles. The van der Waals surface area contributed by atoms with Crippen molar-refractivity contribution in [1.82, 2.24) is 0 Å². The van der Waals surface area contributed by atoms with Crippen LogP contribution < -0.4 is 0 Å². The molecule has 0 spiro atoms. The van der Waals surface area contributed by atoms with Crippen molar-refractivity contribution in [2.24, 2.45) is 29.1 Å². The highest BCUT2D eigenvalue weighted by atomic mass is 16.5. The Morgan fingerprint density at radius 3 is 2.56 bits per heavy atom. The summed E-state index contributed by atoms with van der Waals surface area (Å²) in [6.07, 6.45) is 4.87. The zero-order valence-corrected chi connectivity index (χ0v) is 10.5. The van der Waals surface area contributed by atoms with Gasteiger partial charge in [-0.2, -0.15) is 0 Å². The second-order valence-electron chi connectivity index (χ2n) is 7.13. The van der Waals surface area contributed by atoms with Crippen LogP contribution in [0.1, 0.15) is 46.5 Å². The molecule has 4 aliphatic rings. The highest BCUT2D eigenvalue weighted by Crippen LogP contribution is 2.54. The van der Waals surface area contributed by atoms with Gasteiger partial charge in [-0.25, -0.2) is 0 Å². The standard InChI is InChI=1S/C14H22O2/c1-14(2,3)12-9-4-8-5-10(7-9)13(15)16-11(12)6-8/h8-12H,4-7H2,1-3H3. The molecule has 2 aliphatic heterocycles. The van der Waals surface area contributed by atoms with Gasteiger partial charge >= 0.3 is 5.97 Å². The number of hydrogen-bond donors (Lipinski definition) is 0. The molecule has 5 atom stereocenters. The van der Waals surface area contributed by atoms with Crippen molar-refractivity contribution in [3.05, 3.63) is 0 Å². The lowest BCUT2D eigenvalue weighted by atomic mass is 9.57. The number of rotatable bonds is 0. The fourth-order valence-electron chi connectivity index (χ4n) is 4.57. The van der Waals surface area contributed by atoms with Gasteiger partial charge in [0.15, 0.2) is 0 Å². The minimum atomic E-state index is 0.101. The van der Waals surface area contributed by atoms with Crippen LogP contribution in [0, 0.1) is 29.1 Å². The molecular weight excluding hydrogens is 200 g/mol. The molecule has 0 aromatic rings. The molecule has 4 bridgehead atoms. The number of carbonyl (C=O) groups excluding carboxylic acids is 1. The van der Waals surface area contributed by atoms with Crippen molar-refractivity contribution in [3.8, 4) is 0 Å². The topological polar surface area (TPSA) is 26.3 Å². The molecule has 2 aliphatic carbocycles. The predicted octanol–water partition coefficient (Wildman–Crippen LogP) is 3.01. The molecule has 0 radical (unpaired) electrons. The molecule has 2 saturated heterocycles. The summed E-state index contributed by atoms with van der Waals surface area (Å²) in [5, 5.41) is 0. The first-order valence-electron chi connectivity index (χ1n) is 6.65. The normalized spacial score (nSPS) is 46.7. The summed E-state index contributed by atoms with van der Waals surface area (Å²) in [7, 11) is 0. The van der Waals surface area contributed by atoms with Crippen LogP contribution in [0.4, 0.5) is 0 Å². The predicted molar refractivity (Wildman–Crippen MR) is 61.8 cm³/mol. The maximum Gasteiger partial charge on any atom is 0.309 e. The third kappa shape index (κ3) is 1.49. The van der Waals surface area contributed by atoms with Crippen LogP contribution in [0.25, 0.3) is 0 Å². The molecule has 2 nitrogen and oxygen atoms in total. The first-order valence-corrected chi connectivity index (χ1v) is 6.65. The maximum absolute atomic E-state index is 11.9. The highest BCUT2D eigenvalue weighted by molar-refractivity contribution is 5.73. The quantitative estimate of drug-likeness (QED) is 0.589.